The summed E-state index contributed by atoms with van der Waals surface area (Å²) in [4.78, 5) is 17.5. The summed E-state index contributed by atoms with van der Waals surface area (Å²) in [7, 11) is 1.71. The molecule has 0 unspecified atom stereocenters. The minimum Gasteiger partial charge on any atom is -0.384 e. The van der Waals surface area contributed by atoms with Crippen molar-refractivity contribution in [3.63, 3.8) is 0 Å². The number of anilines is 1. The highest BCUT2D eigenvalue weighted by atomic mass is 32.1. The Morgan fingerprint density at radius 2 is 1.56 bits per heavy atom. The van der Waals surface area contributed by atoms with Gasteiger partial charge < -0.3 is 10.1 Å². The van der Waals surface area contributed by atoms with Crippen LogP contribution in [0.1, 0.15) is 29.0 Å². The van der Waals surface area contributed by atoms with Gasteiger partial charge in [-0.1, -0.05) is 84.9 Å². The number of methoxy groups -OCH3 is 1. The molecule has 0 aliphatic rings. The molecule has 1 aromatic heterocycles. The summed E-state index contributed by atoms with van der Waals surface area (Å²) in [6, 6.07) is 28.6. The van der Waals surface area contributed by atoms with Crippen LogP contribution in [0.25, 0.3) is 11.3 Å². The van der Waals surface area contributed by atoms with Crippen LogP contribution in [0.3, 0.4) is 0 Å². The smallest absolute Gasteiger partial charge is 0.227 e. The van der Waals surface area contributed by atoms with E-state index < -0.39 is 0 Å². The highest BCUT2D eigenvalue weighted by molar-refractivity contribution is 7.14. The predicted molar refractivity (Wildman–Crippen MR) is 131 cm³/mol. The zero-order valence-corrected chi connectivity index (χ0v) is 18.8. The molecule has 4 nitrogen and oxygen atoms in total. The molecule has 1 heterocycles. The Morgan fingerprint density at radius 1 is 0.938 bits per heavy atom. The average molecular weight is 443 g/mol. The van der Waals surface area contributed by atoms with E-state index in [4.69, 9.17) is 4.74 Å². The quantitative estimate of drug-likeness (QED) is 0.338. The second kappa shape index (κ2) is 10.8. The fourth-order valence-electron chi connectivity index (χ4n) is 3.68. The zero-order valence-electron chi connectivity index (χ0n) is 18.0. The first-order valence-corrected chi connectivity index (χ1v) is 11.5. The van der Waals surface area contributed by atoms with Crippen LogP contribution in [-0.4, -0.2) is 24.6 Å². The first-order chi connectivity index (χ1) is 15.7. The molecule has 0 atom stereocenters. The van der Waals surface area contributed by atoms with Gasteiger partial charge in [0.25, 0.3) is 0 Å². The number of nitrogens with one attached hydrogen (secondary N) is 1. The molecule has 0 fully saturated rings. The van der Waals surface area contributed by atoms with Crippen LogP contribution in [0.5, 0.6) is 0 Å². The largest absolute Gasteiger partial charge is 0.384 e. The summed E-state index contributed by atoms with van der Waals surface area (Å²) in [5, 5.41) is 5.59. The van der Waals surface area contributed by atoms with Crippen LogP contribution in [0, 0.1) is 0 Å². The lowest BCUT2D eigenvalue weighted by Gasteiger charge is -2.17. The maximum atomic E-state index is 12.9. The molecule has 4 rings (SSSR count). The first-order valence-electron chi connectivity index (χ1n) is 10.7. The van der Waals surface area contributed by atoms with E-state index in [0.29, 0.717) is 18.2 Å². The Morgan fingerprint density at radius 3 is 2.16 bits per heavy atom. The molecule has 0 saturated carbocycles. The van der Waals surface area contributed by atoms with Crippen molar-refractivity contribution in [1.82, 2.24) is 4.98 Å². The molecular formula is C27H26N2O2S. The summed E-state index contributed by atoms with van der Waals surface area (Å²) in [5.74, 6) is -0.0463. The highest BCUT2D eigenvalue weighted by Crippen LogP contribution is 2.29. The summed E-state index contributed by atoms with van der Waals surface area (Å²) < 4.78 is 5.13. The van der Waals surface area contributed by atoms with Crippen LogP contribution < -0.4 is 5.32 Å². The second-order valence-electron chi connectivity index (χ2n) is 7.60. The Balaban J connectivity index is 1.44. The Bertz CT molecular complexity index is 1090. The third-order valence-corrected chi connectivity index (χ3v) is 6.15. The third-order valence-electron chi connectivity index (χ3n) is 5.39. The second-order valence-corrected chi connectivity index (χ2v) is 8.46. The van der Waals surface area contributed by atoms with Gasteiger partial charge in [0.1, 0.15) is 0 Å². The molecule has 1 N–H and O–H groups in total. The summed E-state index contributed by atoms with van der Waals surface area (Å²) >= 11 is 1.45. The van der Waals surface area contributed by atoms with E-state index in [0.717, 1.165) is 28.8 Å². The van der Waals surface area contributed by atoms with Crippen molar-refractivity contribution in [2.45, 2.75) is 18.8 Å². The maximum absolute atomic E-state index is 12.9. The standard InChI is InChI=1S/C27H26N2O2S/c1-31-17-16-20-12-14-23(15-13-20)25-19-32-27(28-25)29-26(30)18-24(21-8-4-2-5-9-21)22-10-6-3-7-11-22/h2-15,19,24H,16-18H2,1H3,(H,28,29,30). The molecule has 4 aromatic rings. The number of ether oxygens (including phenoxy) is 1. The Labute approximate surface area is 192 Å². The predicted octanol–water partition coefficient (Wildman–Crippen LogP) is 6.16. The van der Waals surface area contributed by atoms with Gasteiger partial charge in [-0.2, -0.15) is 0 Å². The number of nitrogens with zero attached hydrogens (tertiary/aromatic N) is 1. The Kier molecular flexibility index (Phi) is 7.43. The molecule has 1 amide bonds. The maximum Gasteiger partial charge on any atom is 0.227 e. The lowest BCUT2D eigenvalue weighted by atomic mass is 9.88. The topological polar surface area (TPSA) is 51.2 Å². The van der Waals surface area contributed by atoms with Gasteiger partial charge in [0.05, 0.1) is 12.3 Å². The van der Waals surface area contributed by atoms with Crippen molar-refractivity contribution in [3.05, 3.63) is 107 Å². The van der Waals surface area contributed by atoms with Crippen LogP contribution in [0.15, 0.2) is 90.3 Å². The number of hydrogen-bond acceptors (Lipinski definition) is 4. The number of hydrogen-bond donors (Lipinski definition) is 1. The number of carbonyl (C=O) groups excluding carboxylic acids is 1. The van der Waals surface area contributed by atoms with Gasteiger partial charge in [0, 0.05) is 30.4 Å². The molecule has 162 valence electrons. The molecular weight excluding hydrogens is 416 g/mol. The van der Waals surface area contributed by atoms with E-state index in [9.17, 15) is 4.79 Å². The van der Waals surface area contributed by atoms with E-state index >= 15 is 0 Å². The Hall–Kier alpha value is -3.28. The normalized spacial score (nSPS) is 10.9. The van der Waals surface area contributed by atoms with Crippen LogP contribution in [0.4, 0.5) is 5.13 Å². The minimum absolute atomic E-state index is 0.00326. The van der Waals surface area contributed by atoms with Crippen molar-refractivity contribution in [1.29, 1.82) is 0 Å². The lowest BCUT2D eigenvalue weighted by molar-refractivity contribution is -0.116. The van der Waals surface area contributed by atoms with E-state index in [1.807, 2.05) is 41.8 Å². The lowest BCUT2D eigenvalue weighted by Crippen LogP contribution is -2.16. The zero-order chi connectivity index (χ0) is 22.2. The minimum atomic E-state index is -0.0430. The molecule has 0 saturated heterocycles. The van der Waals surface area contributed by atoms with Gasteiger partial charge in [-0.25, -0.2) is 4.98 Å². The van der Waals surface area contributed by atoms with Gasteiger partial charge in [0.15, 0.2) is 5.13 Å². The van der Waals surface area contributed by atoms with Gasteiger partial charge in [-0.05, 0) is 23.1 Å². The number of thiazole rings is 1. The molecule has 32 heavy (non-hydrogen) atoms. The molecule has 0 bridgehead atoms. The summed E-state index contributed by atoms with van der Waals surface area (Å²) in [5.41, 5.74) is 5.39. The van der Waals surface area contributed by atoms with Crippen molar-refractivity contribution in [2.24, 2.45) is 0 Å². The molecule has 5 heteroatoms. The van der Waals surface area contributed by atoms with Crippen molar-refractivity contribution < 1.29 is 9.53 Å². The molecule has 0 aliphatic carbocycles. The van der Waals surface area contributed by atoms with Crippen LogP contribution in [-0.2, 0) is 16.0 Å². The SMILES string of the molecule is COCCc1ccc(-c2csc(NC(=O)CC(c3ccccc3)c3ccccc3)n2)cc1. The van der Waals surface area contributed by atoms with Crippen LogP contribution in [0.2, 0.25) is 0 Å². The fraction of sp³-hybridized carbons (Fsp3) is 0.185. The van der Waals surface area contributed by atoms with Crippen molar-refractivity contribution in [2.75, 3.05) is 19.0 Å². The fourth-order valence-corrected chi connectivity index (χ4v) is 4.42. The van der Waals surface area contributed by atoms with Gasteiger partial charge >= 0.3 is 0 Å². The molecule has 0 radical (unpaired) electrons. The summed E-state index contributed by atoms with van der Waals surface area (Å²) in [6.45, 7) is 0.708. The van der Waals surface area contributed by atoms with E-state index in [1.54, 1.807) is 7.11 Å². The van der Waals surface area contributed by atoms with Gasteiger partial charge in [-0.15, -0.1) is 11.3 Å². The van der Waals surface area contributed by atoms with Crippen molar-refractivity contribution >= 4 is 22.4 Å². The van der Waals surface area contributed by atoms with Crippen molar-refractivity contribution in [3.8, 4) is 11.3 Å². The third kappa shape index (κ3) is 5.69. The molecule has 3 aromatic carbocycles. The average Bonchev–Trinajstić information content (AvgIpc) is 3.31. The van der Waals surface area contributed by atoms with Gasteiger partial charge in [0.2, 0.25) is 5.91 Å². The number of rotatable bonds is 9. The summed E-state index contributed by atoms with van der Waals surface area (Å²) in [6.07, 6.45) is 1.25. The number of amides is 1. The van der Waals surface area contributed by atoms with E-state index in [2.05, 4.69) is 58.8 Å². The molecule has 0 spiro atoms. The molecule has 0 aliphatic heterocycles. The van der Waals surface area contributed by atoms with Gasteiger partial charge in [-0.3, -0.25) is 4.79 Å². The first kappa shape index (κ1) is 21.9. The highest BCUT2D eigenvalue weighted by Gasteiger charge is 2.19. The van der Waals surface area contributed by atoms with E-state index in [-0.39, 0.29) is 11.8 Å². The number of carbonyl (C=O) groups is 1. The van der Waals surface area contributed by atoms with Crippen LogP contribution >= 0.6 is 11.3 Å². The van der Waals surface area contributed by atoms with E-state index in [1.165, 1.54) is 16.9 Å². The monoisotopic (exact) mass is 442 g/mol. The number of benzene rings is 3. The number of aromatic nitrogens is 1.